The summed E-state index contributed by atoms with van der Waals surface area (Å²) >= 11 is 0. The minimum Gasteiger partial charge on any atom is -0.488 e. The number of hydrogen-bond acceptors (Lipinski definition) is 5. The Morgan fingerprint density at radius 3 is 2.62 bits per heavy atom. The van der Waals surface area contributed by atoms with Crippen molar-refractivity contribution >= 4 is 11.4 Å². The first-order chi connectivity index (χ1) is 9.90. The summed E-state index contributed by atoms with van der Waals surface area (Å²) in [6.45, 7) is 6.42. The number of anilines is 2. The van der Waals surface area contributed by atoms with Gasteiger partial charge in [-0.15, -0.1) is 0 Å². The summed E-state index contributed by atoms with van der Waals surface area (Å²) in [5, 5.41) is 3.13. The van der Waals surface area contributed by atoms with E-state index in [0.717, 1.165) is 6.54 Å². The summed E-state index contributed by atoms with van der Waals surface area (Å²) in [5.74, 6) is -0.246. The van der Waals surface area contributed by atoms with Gasteiger partial charge >= 0.3 is 0 Å². The molecular weight excluding hydrogens is 273 g/mol. The van der Waals surface area contributed by atoms with Crippen molar-refractivity contribution in [2.24, 2.45) is 0 Å². The third-order valence-corrected chi connectivity index (χ3v) is 2.71. The van der Waals surface area contributed by atoms with E-state index in [1.165, 1.54) is 6.07 Å². The predicted molar refractivity (Wildman–Crippen MR) is 84.4 cm³/mol. The van der Waals surface area contributed by atoms with Crippen molar-refractivity contribution in [2.75, 3.05) is 51.4 Å². The standard InChI is InChI=1S/C15H26FN3O2/c1-11(2)21-15-10-14(13(17)9-12(15)16)18-5-7-20-8-6-19(3)4/h9-11,18H,5-8,17H2,1-4H3. The second kappa shape index (κ2) is 8.69. The molecule has 5 nitrogen and oxygen atoms in total. The molecule has 1 aromatic rings. The lowest BCUT2D eigenvalue weighted by atomic mass is 10.2. The monoisotopic (exact) mass is 299 g/mol. The maximum absolute atomic E-state index is 13.7. The van der Waals surface area contributed by atoms with Crippen LogP contribution in [0.15, 0.2) is 12.1 Å². The first-order valence-corrected chi connectivity index (χ1v) is 7.12. The van der Waals surface area contributed by atoms with Crippen molar-refractivity contribution in [1.82, 2.24) is 4.90 Å². The zero-order chi connectivity index (χ0) is 15.8. The van der Waals surface area contributed by atoms with Crippen LogP contribution in [0.1, 0.15) is 13.8 Å². The SMILES string of the molecule is CC(C)Oc1cc(NCCOCCN(C)C)c(N)cc1F. The molecule has 0 saturated carbocycles. The van der Waals surface area contributed by atoms with Crippen LogP contribution in [-0.2, 0) is 4.74 Å². The van der Waals surface area contributed by atoms with E-state index >= 15 is 0 Å². The van der Waals surface area contributed by atoms with E-state index < -0.39 is 5.82 Å². The fourth-order valence-electron chi connectivity index (χ4n) is 1.67. The van der Waals surface area contributed by atoms with E-state index in [9.17, 15) is 4.39 Å². The van der Waals surface area contributed by atoms with Crippen LogP contribution in [0.3, 0.4) is 0 Å². The molecule has 0 aliphatic carbocycles. The lowest BCUT2D eigenvalue weighted by Crippen LogP contribution is -2.20. The first-order valence-electron chi connectivity index (χ1n) is 7.12. The van der Waals surface area contributed by atoms with Crippen LogP contribution in [-0.4, -0.2) is 51.4 Å². The maximum Gasteiger partial charge on any atom is 0.167 e. The van der Waals surface area contributed by atoms with Gasteiger partial charge in [0.1, 0.15) is 0 Å². The van der Waals surface area contributed by atoms with Gasteiger partial charge in [-0.3, -0.25) is 0 Å². The number of nitrogens with one attached hydrogen (secondary N) is 1. The molecule has 0 heterocycles. The largest absolute Gasteiger partial charge is 0.488 e. The number of benzene rings is 1. The summed E-state index contributed by atoms with van der Waals surface area (Å²) in [4.78, 5) is 2.06. The van der Waals surface area contributed by atoms with Crippen molar-refractivity contribution in [1.29, 1.82) is 0 Å². The molecule has 21 heavy (non-hydrogen) atoms. The van der Waals surface area contributed by atoms with Gasteiger partial charge in [-0.25, -0.2) is 4.39 Å². The number of rotatable bonds is 9. The van der Waals surface area contributed by atoms with E-state index in [0.29, 0.717) is 31.1 Å². The molecule has 0 unspecified atom stereocenters. The van der Waals surface area contributed by atoms with Gasteiger partial charge < -0.3 is 25.4 Å². The predicted octanol–water partition coefficient (Wildman–Crippen LogP) is 2.19. The fourth-order valence-corrected chi connectivity index (χ4v) is 1.67. The number of likely N-dealkylation sites (N-methyl/N-ethyl adjacent to an activating group) is 1. The molecule has 6 heteroatoms. The highest BCUT2D eigenvalue weighted by molar-refractivity contribution is 5.68. The Labute approximate surface area is 126 Å². The van der Waals surface area contributed by atoms with Crippen LogP contribution < -0.4 is 15.8 Å². The highest BCUT2D eigenvalue weighted by Gasteiger charge is 2.10. The lowest BCUT2D eigenvalue weighted by molar-refractivity contribution is 0.126. The van der Waals surface area contributed by atoms with Crippen molar-refractivity contribution in [2.45, 2.75) is 20.0 Å². The summed E-state index contributed by atoms with van der Waals surface area (Å²) in [5.41, 5.74) is 6.81. The van der Waals surface area contributed by atoms with Gasteiger partial charge in [0.15, 0.2) is 11.6 Å². The van der Waals surface area contributed by atoms with Crippen molar-refractivity contribution in [3.63, 3.8) is 0 Å². The van der Waals surface area contributed by atoms with Crippen LogP contribution in [0.25, 0.3) is 0 Å². The third-order valence-electron chi connectivity index (χ3n) is 2.71. The molecule has 0 aliphatic heterocycles. The van der Waals surface area contributed by atoms with Crippen molar-refractivity contribution in [3.05, 3.63) is 17.9 Å². The van der Waals surface area contributed by atoms with Gasteiger partial charge in [-0.2, -0.15) is 0 Å². The quantitative estimate of drug-likeness (QED) is 0.541. The molecule has 0 radical (unpaired) electrons. The smallest absolute Gasteiger partial charge is 0.167 e. The van der Waals surface area contributed by atoms with Crippen LogP contribution in [0, 0.1) is 5.82 Å². The minimum absolute atomic E-state index is 0.0923. The maximum atomic E-state index is 13.7. The number of nitrogen functional groups attached to an aromatic ring is 1. The van der Waals surface area contributed by atoms with Crippen LogP contribution in [0.5, 0.6) is 5.75 Å². The van der Waals surface area contributed by atoms with Gasteiger partial charge in [0.05, 0.1) is 30.7 Å². The number of ether oxygens (including phenoxy) is 2. The minimum atomic E-state index is -0.450. The summed E-state index contributed by atoms with van der Waals surface area (Å²) in [6, 6.07) is 2.86. The molecule has 0 bridgehead atoms. The topological polar surface area (TPSA) is 59.8 Å². The third kappa shape index (κ3) is 6.64. The Morgan fingerprint density at radius 1 is 1.29 bits per heavy atom. The highest BCUT2D eigenvalue weighted by Crippen LogP contribution is 2.28. The van der Waals surface area contributed by atoms with Gasteiger partial charge in [-0.05, 0) is 27.9 Å². The molecule has 0 saturated heterocycles. The fraction of sp³-hybridized carbons (Fsp3) is 0.600. The Kier molecular flexibility index (Phi) is 7.25. The number of halogens is 1. The van der Waals surface area contributed by atoms with Crippen molar-refractivity contribution < 1.29 is 13.9 Å². The van der Waals surface area contributed by atoms with Gasteiger partial charge in [0.2, 0.25) is 0 Å². The Balaban J connectivity index is 2.47. The Bertz CT molecular complexity index is 439. The molecule has 0 spiro atoms. The van der Waals surface area contributed by atoms with E-state index in [1.807, 2.05) is 27.9 Å². The normalized spacial score (nSPS) is 11.2. The molecule has 0 fully saturated rings. The molecule has 1 aromatic carbocycles. The number of nitrogens with zero attached hydrogens (tertiary/aromatic N) is 1. The second-order valence-electron chi connectivity index (χ2n) is 5.38. The average molecular weight is 299 g/mol. The number of hydrogen-bond donors (Lipinski definition) is 2. The van der Waals surface area contributed by atoms with Crippen LogP contribution >= 0.6 is 0 Å². The van der Waals surface area contributed by atoms with E-state index in [1.54, 1.807) is 6.07 Å². The number of nitrogens with two attached hydrogens (primary N) is 1. The van der Waals surface area contributed by atoms with E-state index in [2.05, 4.69) is 10.2 Å². The second-order valence-corrected chi connectivity index (χ2v) is 5.38. The van der Waals surface area contributed by atoms with Crippen molar-refractivity contribution in [3.8, 4) is 5.75 Å². The first kappa shape index (κ1) is 17.5. The highest BCUT2D eigenvalue weighted by atomic mass is 19.1. The zero-order valence-corrected chi connectivity index (χ0v) is 13.3. The van der Waals surface area contributed by atoms with E-state index in [4.69, 9.17) is 15.2 Å². The lowest BCUT2D eigenvalue weighted by Gasteiger charge is -2.15. The summed E-state index contributed by atoms with van der Waals surface area (Å²) < 4.78 is 24.6. The molecule has 0 aliphatic rings. The summed E-state index contributed by atoms with van der Waals surface area (Å²) in [7, 11) is 3.99. The Hall–Kier alpha value is -1.53. The van der Waals surface area contributed by atoms with Gasteiger partial charge in [0.25, 0.3) is 0 Å². The zero-order valence-electron chi connectivity index (χ0n) is 13.3. The van der Waals surface area contributed by atoms with Gasteiger partial charge in [-0.1, -0.05) is 0 Å². The molecule has 0 amide bonds. The van der Waals surface area contributed by atoms with Gasteiger partial charge in [0, 0.05) is 25.2 Å². The molecule has 120 valence electrons. The molecule has 0 atom stereocenters. The Morgan fingerprint density at radius 2 is 2.00 bits per heavy atom. The molecular formula is C15H26FN3O2. The molecule has 1 rings (SSSR count). The molecule has 0 aromatic heterocycles. The summed E-state index contributed by atoms with van der Waals surface area (Å²) in [6.07, 6.45) is -0.0923. The van der Waals surface area contributed by atoms with Crippen LogP contribution in [0.2, 0.25) is 0 Å². The van der Waals surface area contributed by atoms with Crippen LogP contribution in [0.4, 0.5) is 15.8 Å². The molecule has 3 N–H and O–H groups in total. The van der Waals surface area contributed by atoms with E-state index in [-0.39, 0.29) is 11.9 Å². The average Bonchev–Trinajstić information content (AvgIpc) is 2.37.